The number of para-hydroxylation sites is 1. The monoisotopic (exact) mass is 411 g/mol. The molecule has 0 aromatic heterocycles. The number of ether oxygens (including phenoxy) is 1. The van der Waals surface area contributed by atoms with Crippen LogP contribution in [0, 0.1) is 0 Å². The number of halogens is 2. The molecule has 0 heterocycles. The summed E-state index contributed by atoms with van der Waals surface area (Å²) in [6, 6.07) is 13.3. The molecule has 1 amide bonds. The molecule has 0 aliphatic rings. The van der Waals surface area contributed by atoms with Crippen molar-refractivity contribution in [3.8, 4) is 5.75 Å². The number of benzene rings is 2. The van der Waals surface area contributed by atoms with Crippen LogP contribution in [0.25, 0.3) is 0 Å². The molecule has 0 radical (unpaired) electrons. The van der Waals surface area contributed by atoms with Crippen LogP contribution in [-0.2, 0) is 6.42 Å². The fourth-order valence-electron chi connectivity index (χ4n) is 2.01. The van der Waals surface area contributed by atoms with Crippen molar-refractivity contribution in [3.63, 3.8) is 0 Å². The predicted molar refractivity (Wildman–Crippen MR) is 90.9 cm³/mol. The molecule has 0 atom stereocenters. The first-order valence-corrected chi connectivity index (χ1v) is 8.05. The molecule has 0 unspecified atom stereocenters. The van der Waals surface area contributed by atoms with E-state index in [0.717, 1.165) is 26.7 Å². The van der Waals surface area contributed by atoms with E-state index in [2.05, 4.69) is 37.2 Å². The summed E-state index contributed by atoms with van der Waals surface area (Å²) in [6.45, 7) is 0.559. The molecule has 2 aromatic rings. The second kappa shape index (κ2) is 7.61. The first kappa shape index (κ1) is 16.0. The van der Waals surface area contributed by atoms with Gasteiger partial charge in [-0.1, -0.05) is 50.1 Å². The summed E-state index contributed by atoms with van der Waals surface area (Å²) < 4.78 is 7.03. The van der Waals surface area contributed by atoms with E-state index < -0.39 is 0 Å². The fourth-order valence-corrected chi connectivity index (χ4v) is 3.30. The number of hydrogen-bond acceptors (Lipinski definition) is 2. The van der Waals surface area contributed by atoms with E-state index in [9.17, 15) is 4.79 Å². The fraction of sp³-hybridized carbons (Fsp3) is 0.188. The van der Waals surface area contributed by atoms with Gasteiger partial charge in [0.2, 0.25) is 0 Å². The van der Waals surface area contributed by atoms with Crippen molar-refractivity contribution in [1.82, 2.24) is 5.32 Å². The maximum absolute atomic E-state index is 12.1. The Morgan fingerprint density at radius 2 is 1.81 bits per heavy atom. The second-order valence-corrected chi connectivity index (χ2v) is 6.31. The van der Waals surface area contributed by atoms with E-state index in [-0.39, 0.29) is 5.91 Å². The Morgan fingerprint density at radius 1 is 1.14 bits per heavy atom. The van der Waals surface area contributed by atoms with Gasteiger partial charge < -0.3 is 10.1 Å². The quantitative estimate of drug-likeness (QED) is 0.799. The van der Waals surface area contributed by atoms with Crippen molar-refractivity contribution in [1.29, 1.82) is 0 Å². The molecule has 0 saturated heterocycles. The van der Waals surface area contributed by atoms with Gasteiger partial charge in [0.15, 0.2) is 0 Å². The average molecular weight is 413 g/mol. The van der Waals surface area contributed by atoms with E-state index in [1.807, 2.05) is 30.3 Å². The van der Waals surface area contributed by atoms with Crippen LogP contribution < -0.4 is 10.1 Å². The van der Waals surface area contributed by atoms with E-state index in [4.69, 9.17) is 4.74 Å². The number of carbonyl (C=O) groups excluding carboxylic acids is 1. The van der Waals surface area contributed by atoms with Crippen LogP contribution in [0.2, 0.25) is 0 Å². The number of carbonyl (C=O) groups is 1. The number of hydrogen-bond donors (Lipinski definition) is 1. The molecule has 5 heteroatoms. The van der Waals surface area contributed by atoms with Crippen molar-refractivity contribution in [2.24, 2.45) is 0 Å². The minimum atomic E-state index is -0.0908. The molecule has 2 aromatic carbocycles. The topological polar surface area (TPSA) is 38.3 Å². The Hall–Kier alpha value is -1.33. The van der Waals surface area contributed by atoms with E-state index >= 15 is 0 Å². The minimum Gasteiger partial charge on any atom is -0.496 e. The van der Waals surface area contributed by atoms with E-state index in [1.54, 1.807) is 19.2 Å². The Bertz CT molecular complexity index is 624. The molecule has 0 bridgehead atoms. The number of rotatable bonds is 5. The van der Waals surface area contributed by atoms with E-state index in [0.29, 0.717) is 12.1 Å². The zero-order valence-corrected chi connectivity index (χ0v) is 14.7. The zero-order chi connectivity index (χ0) is 15.2. The highest BCUT2D eigenvalue weighted by Gasteiger charge is 2.08. The van der Waals surface area contributed by atoms with Crippen LogP contribution in [0.15, 0.2) is 51.4 Å². The first-order chi connectivity index (χ1) is 10.1. The Balaban J connectivity index is 1.95. The maximum Gasteiger partial charge on any atom is 0.251 e. The van der Waals surface area contributed by atoms with Gasteiger partial charge in [0, 0.05) is 21.1 Å². The van der Waals surface area contributed by atoms with Gasteiger partial charge in [-0.25, -0.2) is 0 Å². The second-order valence-electron chi connectivity index (χ2n) is 4.48. The maximum atomic E-state index is 12.1. The summed E-state index contributed by atoms with van der Waals surface area (Å²) in [5, 5.41) is 2.92. The summed E-state index contributed by atoms with van der Waals surface area (Å²) >= 11 is 6.76. The van der Waals surface area contributed by atoms with Gasteiger partial charge in [-0.2, -0.15) is 0 Å². The van der Waals surface area contributed by atoms with Crippen LogP contribution in [0.4, 0.5) is 0 Å². The summed E-state index contributed by atoms with van der Waals surface area (Å²) in [5.41, 5.74) is 1.70. The molecule has 0 aliphatic heterocycles. The minimum absolute atomic E-state index is 0.0908. The highest BCUT2D eigenvalue weighted by atomic mass is 79.9. The Morgan fingerprint density at radius 3 is 2.48 bits per heavy atom. The highest BCUT2D eigenvalue weighted by Crippen LogP contribution is 2.20. The first-order valence-electron chi connectivity index (χ1n) is 6.46. The lowest BCUT2D eigenvalue weighted by molar-refractivity contribution is 0.0954. The molecule has 0 aliphatic carbocycles. The Labute approximate surface area is 141 Å². The summed E-state index contributed by atoms with van der Waals surface area (Å²) in [6.07, 6.45) is 0.727. The van der Waals surface area contributed by atoms with Crippen LogP contribution >= 0.6 is 31.9 Å². The largest absolute Gasteiger partial charge is 0.496 e. The lowest BCUT2D eigenvalue weighted by atomic mass is 10.1. The smallest absolute Gasteiger partial charge is 0.251 e. The van der Waals surface area contributed by atoms with Crippen molar-refractivity contribution < 1.29 is 9.53 Å². The summed E-state index contributed by atoms with van der Waals surface area (Å²) in [4.78, 5) is 12.1. The normalized spacial score (nSPS) is 10.2. The van der Waals surface area contributed by atoms with Crippen molar-refractivity contribution in [2.75, 3.05) is 13.7 Å². The van der Waals surface area contributed by atoms with Crippen molar-refractivity contribution >= 4 is 37.8 Å². The summed E-state index contributed by atoms with van der Waals surface area (Å²) in [7, 11) is 1.65. The molecule has 2 rings (SSSR count). The van der Waals surface area contributed by atoms with Crippen molar-refractivity contribution in [3.05, 3.63) is 62.5 Å². The van der Waals surface area contributed by atoms with Crippen molar-refractivity contribution in [2.45, 2.75) is 6.42 Å². The third-order valence-corrected chi connectivity index (χ3v) is 3.91. The Kier molecular flexibility index (Phi) is 5.82. The molecule has 0 saturated carbocycles. The number of amides is 1. The molecule has 21 heavy (non-hydrogen) atoms. The number of methoxy groups -OCH3 is 1. The standard InChI is InChI=1S/C16H15Br2NO2/c1-21-15-5-3-2-4-11(15)6-7-19-16(20)12-8-13(17)10-14(18)9-12/h2-5,8-10H,6-7H2,1H3,(H,19,20). The predicted octanol–water partition coefficient (Wildman–Crippen LogP) is 4.19. The van der Waals surface area contributed by atoms with Crippen LogP contribution in [0.1, 0.15) is 15.9 Å². The average Bonchev–Trinajstić information content (AvgIpc) is 2.46. The van der Waals surface area contributed by atoms with Gasteiger partial charge in [-0.15, -0.1) is 0 Å². The highest BCUT2D eigenvalue weighted by molar-refractivity contribution is 9.11. The molecule has 3 nitrogen and oxygen atoms in total. The molecule has 0 fully saturated rings. The SMILES string of the molecule is COc1ccccc1CCNC(=O)c1cc(Br)cc(Br)c1. The molecule has 0 spiro atoms. The van der Waals surface area contributed by atoms with Gasteiger partial charge in [-0.05, 0) is 36.2 Å². The van der Waals surface area contributed by atoms with Gasteiger partial charge in [0.25, 0.3) is 5.91 Å². The van der Waals surface area contributed by atoms with E-state index in [1.165, 1.54) is 0 Å². The number of nitrogens with one attached hydrogen (secondary N) is 1. The molecular weight excluding hydrogens is 398 g/mol. The third kappa shape index (κ3) is 4.58. The van der Waals surface area contributed by atoms with Gasteiger partial charge >= 0.3 is 0 Å². The molecule has 110 valence electrons. The van der Waals surface area contributed by atoms with Crippen LogP contribution in [-0.4, -0.2) is 19.6 Å². The summed E-state index contributed by atoms with van der Waals surface area (Å²) in [5.74, 6) is 0.754. The molecular formula is C16H15Br2NO2. The lowest BCUT2D eigenvalue weighted by Gasteiger charge is -2.09. The zero-order valence-electron chi connectivity index (χ0n) is 11.5. The lowest BCUT2D eigenvalue weighted by Crippen LogP contribution is -2.25. The third-order valence-electron chi connectivity index (χ3n) is 3.00. The van der Waals surface area contributed by atoms with Crippen LogP contribution in [0.5, 0.6) is 5.75 Å². The van der Waals surface area contributed by atoms with Gasteiger partial charge in [0.05, 0.1) is 7.11 Å². The molecule has 1 N–H and O–H groups in total. The van der Waals surface area contributed by atoms with Gasteiger partial charge in [-0.3, -0.25) is 4.79 Å². The van der Waals surface area contributed by atoms with Crippen LogP contribution in [0.3, 0.4) is 0 Å². The van der Waals surface area contributed by atoms with Gasteiger partial charge in [0.1, 0.15) is 5.75 Å².